The van der Waals surface area contributed by atoms with Crippen LogP contribution in [0.3, 0.4) is 0 Å². The van der Waals surface area contributed by atoms with Crippen LogP contribution >= 0.6 is 11.6 Å². The predicted molar refractivity (Wildman–Crippen MR) is 138 cm³/mol. The molecule has 214 valence electrons. The van der Waals surface area contributed by atoms with Gasteiger partial charge in [-0.05, 0) is 26.3 Å². The second kappa shape index (κ2) is 11.0. The van der Waals surface area contributed by atoms with Crippen LogP contribution in [-0.4, -0.2) is 82.5 Å². The van der Waals surface area contributed by atoms with Crippen molar-refractivity contribution in [1.29, 1.82) is 0 Å². The molecule has 14 nitrogen and oxygen atoms in total. The van der Waals surface area contributed by atoms with E-state index in [4.69, 9.17) is 31.6 Å². The minimum absolute atomic E-state index is 0.149. The third-order valence-electron chi connectivity index (χ3n) is 5.81. The number of amides is 1. The molecule has 0 aliphatic carbocycles. The lowest BCUT2D eigenvalue weighted by atomic mass is 10.1. The third kappa shape index (κ3) is 5.93. The number of anilines is 3. The van der Waals surface area contributed by atoms with Crippen LogP contribution < -0.4 is 15.5 Å². The highest BCUT2D eigenvalue weighted by atomic mass is 35.5. The summed E-state index contributed by atoms with van der Waals surface area (Å²) in [4.78, 5) is 38.9. The fraction of sp³-hybridized carbons (Fsp3) is 0.409. The summed E-state index contributed by atoms with van der Waals surface area (Å²) in [7, 11) is 0. The number of carboxylic acids is 1. The molecule has 0 aromatic carbocycles. The van der Waals surface area contributed by atoms with Crippen LogP contribution in [0, 0.1) is 0 Å². The van der Waals surface area contributed by atoms with Crippen LogP contribution in [0.5, 0.6) is 0 Å². The first-order valence-corrected chi connectivity index (χ1v) is 12.3. The Hall–Kier alpha value is -4.41. The molecule has 5 heterocycles. The van der Waals surface area contributed by atoms with Crippen molar-refractivity contribution >= 4 is 63.3 Å². The second-order valence-electron chi connectivity index (χ2n) is 9.04. The maximum absolute atomic E-state index is 10.9. The summed E-state index contributed by atoms with van der Waals surface area (Å²) in [6.45, 7) is 7.03. The number of nitrogens with one attached hydrogen (secondary N) is 3. The molecule has 4 aromatic heterocycles. The Bertz CT molecular complexity index is 1570. The quantitative estimate of drug-likeness (QED) is 0.222. The van der Waals surface area contributed by atoms with E-state index in [9.17, 15) is 18.0 Å². The van der Waals surface area contributed by atoms with Crippen molar-refractivity contribution in [3.05, 3.63) is 23.0 Å². The summed E-state index contributed by atoms with van der Waals surface area (Å²) in [5.41, 5.74) is 3.52. The minimum Gasteiger partial charge on any atom is -0.475 e. The number of fused-ring (bicyclic) bond motifs is 2. The van der Waals surface area contributed by atoms with Crippen LogP contribution in [0.15, 0.2) is 12.3 Å². The van der Waals surface area contributed by atoms with Gasteiger partial charge in [0.2, 0.25) is 5.95 Å². The number of H-pyrrole nitrogens is 1. The molecule has 0 atom stereocenters. The fourth-order valence-corrected chi connectivity index (χ4v) is 4.27. The van der Waals surface area contributed by atoms with Gasteiger partial charge < -0.3 is 30.7 Å². The number of aromatic nitrogens is 7. The number of pyridine rings is 1. The number of aromatic amines is 1. The van der Waals surface area contributed by atoms with Crippen molar-refractivity contribution in [2.75, 3.05) is 23.3 Å². The van der Waals surface area contributed by atoms with Crippen LogP contribution in [0.25, 0.3) is 22.2 Å². The van der Waals surface area contributed by atoms with Crippen LogP contribution in [0.4, 0.5) is 35.4 Å². The molecule has 0 radical (unpaired) electrons. The summed E-state index contributed by atoms with van der Waals surface area (Å²) in [6.07, 6.45) is -3.72. The Morgan fingerprint density at radius 1 is 1.25 bits per heavy atom. The molecule has 0 saturated carbocycles. The molecule has 1 aliphatic heterocycles. The highest BCUT2D eigenvalue weighted by Crippen LogP contribution is 2.36. The zero-order chi connectivity index (χ0) is 29.4. The number of hydrogen-bond acceptors (Lipinski definition) is 9. The number of hydrogen-bond donors (Lipinski definition) is 5. The summed E-state index contributed by atoms with van der Waals surface area (Å²) in [6, 6.07) is 1.83. The molecule has 5 N–H and O–H groups in total. The van der Waals surface area contributed by atoms with E-state index in [-0.39, 0.29) is 12.1 Å². The number of aliphatic carboxylic acids is 1. The summed E-state index contributed by atoms with van der Waals surface area (Å²) < 4.78 is 33.5. The maximum Gasteiger partial charge on any atom is 0.490 e. The van der Waals surface area contributed by atoms with Gasteiger partial charge >= 0.3 is 18.2 Å². The molecule has 0 bridgehead atoms. The molecular weight excluding hydrogens is 561 g/mol. The first-order valence-electron chi connectivity index (χ1n) is 11.9. The molecule has 0 spiro atoms. The molecular formula is C22H24ClF3N10O4. The van der Waals surface area contributed by atoms with Gasteiger partial charge in [-0.15, -0.1) is 5.10 Å². The van der Waals surface area contributed by atoms with Gasteiger partial charge in [-0.1, -0.05) is 23.7 Å². The van der Waals surface area contributed by atoms with Gasteiger partial charge in [-0.3, -0.25) is 0 Å². The average molecular weight is 585 g/mol. The number of aryl methyl sites for hydroxylation is 1. The number of halogens is 4. The Morgan fingerprint density at radius 2 is 1.93 bits per heavy atom. The van der Waals surface area contributed by atoms with E-state index in [1.165, 1.54) is 0 Å². The average Bonchev–Trinajstić information content (AvgIpc) is 3.41. The monoisotopic (exact) mass is 584 g/mol. The van der Waals surface area contributed by atoms with Crippen LogP contribution in [0.1, 0.15) is 32.5 Å². The lowest BCUT2D eigenvalue weighted by molar-refractivity contribution is -0.192. The SMILES string of the molecule is CCc1[nH]c2nc(Nc3cnc4c(c3)nnn4C(C)C)nc(N3CC(NC(=O)O)C3)c2c1Cl.O=C(O)C(F)(F)F. The molecule has 1 aliphatic rings. The first kappa shape index (κ1) is 28.6. The van der Waals surface area contributed by atoms with E-state index < -0.39 is 18.2 Å². The fourth-order valence-electron chi connectivity index (χ4n) is 3.92. The number of carbonyl (C=O) groups is 2. The highest BCUT2D eigenvalue weighted by molar-refractivity contribution is 6.37. The highest BCUT2D eigenvalue weighted by Gasteiger charge is 2.38. The first-order chi connectivity index (χ1) is 18.8. The van der Waals surface area contributed by atoms with Crippen molar-refractivity contribution < 1.29 is 33.0 Å². The Balaban J connectivity index is 0.000000470. The van der Waals surface area contributed by atoms with Crippen molar-refractivity contribution in [2.24, 2.45) is 0 Å². The maximum atomic E-state index is 10.9. The van der Waals surface area contributed by atoms with Gasteiger partial charge in [0.05, 0.1) is 34.4 Å². The molecule has 4 aromatic rings. The molecule has 1 amide bonds. The van der Waals surface area contributed by atoms with Gasteiger partial charge in [0, 0.05) is 18.8 Å². The Morgan fingerprint density at radius 3 is 2.50 bits per heavy atom. The van der Waals surface area contributed by atoms with E-state index in [1.807, 2.05) is 31.7 Å². The van der Waals surface area contributed by atoms with Gasteiger partial charge in [-0.25, -0.2) is 19.3 Å². The van der Waals surface area contributed by atoms with Gasteiger partial charge in [0.25, 0.3) is 0 Å². The smallest absolute Gasteiger partial charge is 0.475 e. The van der Waals surface area contributed by atoms with Crippen molar-refractivity contribution in [3.8, 4) is 0 Å². The van der Waals surface area contributed by atoms with Crippen molar-refractivity contribution in [3.63, 3.8) is 0 Å². The standard InChI is InChI=1S/C20H23ClN10O2.C2HF3O2/c1-4-12-15(21)14-16(25-12)26-19(27-18(14)30-7-11(8-30)24-20(32)33)23-10-5-13-17(22-6-10)31(9(2)3)29-28-13;3-2(4,5)1(6)7/h5-6,9,11,24H,4,7-8H2,1-3H3,(H,32,33)(H2,23,25,26,27);(H,6,7). The number of alkyl halides is 3. The third-order valence-corrected chi connectivity index (χ3v) is 6.22. The lowest BCUT2D eigenvalue weighted by Crippen LogP contribution is -2.59. The summed E-state index contributed by atoms with van der Waals surface area (Å²) in [5, 5.41) is 31.4. The predicted octanol–water partition coefficient (Wildman–Crippen LogP) is 3.73. The van der Waals surface area contributed by atoms with Gasteiger partial charge in [0.1, 0.15) is 17.0 Å². The normalized spacial score (nSPS) is 13.8. The molecule has 1 saturated heterocycles. The van der Waals surface area contributed by atoms with E-state index in [0.717, 1.165) is 11.1 Å². The minimum atomic E-state index is -5.08. The molecule has 0 unspecified atom stereocenters. The lowest BCUT2D eigenvalue weighted by Gasteiger charge is -2.40. The Labute approximate surface area is 228 Å². The molecule has 40 heavy (non-hydrogen) atoms. The zero-order valence-corrected chi connectivity index (χ0v) is 22.0. The number of carboxylic acid groups (broad SMARTS) is 2. The van der Waals surface area contributed by atoms with Crippen molar-refractivity contribution in [1.82, 2.24) is 40.2 Å². The van der Waals surface area contributed by atoms with E-state index in [1.54, 1.807) is 10.9 Å². The molecule has 1 fully saturated rings. The number of rotatable bonds is 6. The Kier molecular flexibility index (Phi) is 7.86. The van der Waals surface area contributed by atoms with Crippen LogP contribution in [0.2, 0.25) is 5.02 Å². The van der Waals surface area contributed by atoms with E-state index in [2.05, 4.69) is 35.9 Å². The molecule has 5 rings (SSSR count). The zero-order valence-electron chi connectivity index (χ0n) is 21.3. The van der Waals surface area contributed by atoms with Gasteiger partial charge in [-0.2, -0.15) is 23.1 Å². The van der Waals surface area contributed by atoms with E-state index >= 15 is 0 Å². The van der Waals surface area contributed by atoms with Gasteiger partial charge in [0.15, 0.2) is 5.65 Å². The number of nitrogens with zero attached hydrogens (tertiary/aromatic N) is 7. The van der Waals surface area contributed by atoms with Crippen LogP contribution in [-0.2, 0) is 11.2 Å². The summed E-state index contributed by atoms with van der Waals surface area (Å²) in [5.74, 6) is -1.75. The second-order valence-corrected chi connectivity index (χ2v) is 9.42. The molecule has 18 heteroatoms. The largest absolute Gasteiger partial charge is 0.490 e. The topological polar surface area (TPSA) is 187 Å². The summed E-state index contributed by atoms with van der Waals surface area (Å²) >= 11 is 6.62. The van der Waals surface area contributed by atoms with Crippen molar-refractivity contribution in [2.45, 2.75) is 45.5 Å². The van der Waals surface area contributed by atoms with E-state index in [0.29, 0.717) is 58.8 Å².